The van der Waals surface area contributed by atoms with E-state index in [2.05, 4.69) is 39.2 Å². The fourth-order valence-corrected chi connectivity index (χ4v) is 5.01. The lowest BCUT2D eigenvalue weighted by molar-refractivity contribution is 0.0630. The molecule has 0 radical (unpaired) electrons. The Labute approximate surface area is 225 Å². The Morgan fingerprint density at radius 1 is 0.921 bits per heavy atom. The van der Waals surface area contributed by atoms with Gasteiger partial charge in [-0.15, -0.1) is 0 Å². The van der Waals surface area contributed by atoms with Gasteiger partial charge in [0.2, 0.25) is 16.0 Å². The van der Waals surface area contributed by atoms with Crippen molar-refractivity contribution in [3.05, 3.63) is 66.4 Å². The second-order valence-electron chi connectivity index (χ2n) is 9.72. The Bertz CT molecular complexity index is 1340. The monoisotopic (exact) mass is 537 g/mol. The highest BCUT2D eigenvalue weighted by atomic mass is 32.2. The van der Waals surface area contributed by atoms with Crippen LogP contribution in [-0.2, 0) is 10.0 Å². The minimum atomic E-state index is -3.49. The summed E-state index contributed by atoms with van der Waals surface area (Å²) in [4.78, 5) is 28.5. The van der Waals surface area contributed by atoms with Gasteiger partial charge >= 0.3 is 0 Å². The third kappa shape index (κ3) is 6.73. The molecular formula is C27H35N7O3S. The lowest BCUT2D eigenvalue weighted by atomic mass is 10.1. The molecule has 1 fully saturated rings. The number of hydrogen-bond acceptors (Lipinski definition) is 8. The Balaban J connectivity index is 1.37. The Kier molecular flexibility index (Phi) is 8.72. The lowest BCUT2D eigenvalue weighted by Crippen LogP contribution is -2.49. The van der Waals surface area contributed by atoms with Crippen LogP contribution in [0.3, 0.4) is 0 Å². The molecule has 0 unspecified atom stereocenters. The zero-order chi connectivity index (χ0) is 27.3. The van der Waals surface area contributed by atoms with Crippen molar-refractivity contribution in [2.45, 2.75) is 4.90 Å². The number of rotatable bonds is 9. The van der Waals surface area contributed by atoms with E-state index in [1.54, 1.807) is 36.5 Å². The number of sulfonamides is 1. The maximum Gasteiger partial charge on any atom is 0.253 e. The van der Waals surface area contributed by atoms with E-state index in [0.29, 0.717) is 17.2 Å². The number of carbonyl (C=O) groups excluding carboxylic acids is 1. The topological polar surface area (TPSA) is 102 Å². The molecule has 1 saturated heterocycles. The molecule has 11 heteroatoms. The third-order valence-electron chi connectivity index (χ3n) is 6.50. The van der Waals surface area contributed by atoms with Crippen LogP contribution >= 0.6 is 0 Å². The normalized spacial score (nSPS) is 14.7. The van der Waals surface area contributed by atoms with Gasteiger partial charge in [0.05, 0.1) is 10.6 Å². The molecule has 10 nitrogen and oxygen atoms in total. The van der Waals surface area contributed by atoms with Gasteiger partial charge in [0.25, 0.3) is 5.91 Å². The van der Waals surface area contributed by atoms with Crippen molar-refractivity contribution in [1.29, 1.82) is 0 Å². The Morgan fingerprint density at radius 3 is 2.18 bits per heavy atom. The molecule has 1 aromatic heterocycles. The largest absolute Gasteiger partial charge is 0.336 e. The summed E-state index contributed by atoms with van der Waals surface area (Å²) >= 11 is 0. The molecule has 1 aliphatic heterocycles. The fraction of sp³-hybridized carbons (Fsp3) is 0.370. The second kappa shape index (κ2) is 12.0. The maximum atomic E-state index is 13.0. The summed E-state index contributed by atoms with van der Waals surface area (Å²) in [6.45, 7) is 5.27. The highest BCUT2D eigenvalue weighted by Gasteiger charge is 2.22. The quantitative estimate of drug-likeness (QED) is 0.444. The van der Waals surface area contributed by atoms with Crippen LogP contribution in [0.15, 0.2) is 65.7 Å². The van der Waals surface area contributed by atoms with Gasteiger partial charge in [0.15, 0.2) is 0 Å². The number of likely N-dealkylation sites (N-methyl/N-ethyl adjacent to an activating group) is 1. The van der Waals surface area contributed by atoms with E-state index in [1.165, 1.54) is 18.4 Å². The first-order valence-corrected chi connectivity index (χ1v) is 14.0. The first kappa shape index (κ1) is 27.6. The number of carbonyl (C=O) groups is 1. The predicted molar refractivity (Wildman–Crippen MR) is 149 cm³/mol. The molecule has 1 N–H and O–H groups in total. The maximum absolute atomic E-state index is 13.0. The first-order chi connectivity index (χ1) is 18.1. The predicted octanol–water partition coefficient (Wildman–Crippen LogP) is 2.46. The minimum Gasteiger partial charge on any atom is -0.336 e. The van der Waals surface area contributed by atoms with Crippen LogP contribution in [0.1, 0.15) is 10.4 Å². The third-order valence-corrected chi connectivity index (χ3v) is 8.32. The van der Waals surface area contributed by atoms with Crippen molar-refractivity contribution in [2.75, 3.05) is 72.8 Å². The lowest BCUT2D eigenvalue weighted by Gasteiger charge is -2.35. The van der Waals surface area contributed by atoms with Crippen LogP contribution in [0, 0.1) is 0 Å². The highest BCUT2D eigenvalue weighted by Crippen LogP contribution is 2.23. The van der Waals surface area contributed by atoms with Crippen LogP contribution in [0.25, 0.3) is 11.3 Å². The molecule has 1 amide bonds. The molecule has 2 heterocycles. The van der Waals surface area contributed by atoms with Crippen LogP contribution in [0.5, 0.6) is 0 Å². The number of benzene rings is 2. The second-order valence-corrected chi connectivity index (χ2v) is 11.9. The molecule has 0 bridgehead atoms. The molecule has 2 aromatic carbocycles. The van der Waals surface area contributed by atoms with Crippen LogP contribution in [0.4, 0.5) is 11.6 Å². The highest BCUT2D eigenvalue weighted by molar-refractivity contribution is 7.89. The van der Waals surface area contributed by atoms with Gasteiger partial charge < -0.3 is 15.1 Å². The molecule has 0 aliphatic carbocycles. The molecule has 38 heavy (non-hydrogen) atoms. The van der Waals surface area contributed by atoms with Gasteiger partial charge in [-0.2, -0.15) is 0 Å². The summed E-state index contributed by atoms with van der Waals surface area (Å²) < 4.78 is 25.8. The molecule has 1 aliphatic rings. The van der Waals surface area contributed by atoms with Crippen molar-refractivity contribution >= 4 is 27.6 Å². The minimum absolute atomic E-state index is 0.0433. The van der Waals surface area contributed by atoms with E-state index in [9.17, 15) is 13.2 Å². The number of amides is 1. The van der Waals surface area contributed by atoms with Crippen molar-refractivity contribution in [1.82, 2.24) is 29.0 Å². The van der Waals surface area contributed by atoms with Crippen molar-refractivity contribution in [3.63, 3.8) is 0 Å². The van der Waals surface area contributed by atoms with E-state index in [0.717, 1.165) is 50.5 Å². The van der Waals surface area contributed by atoms with E-state index in [4.69, 9.17) is 0 Å². The number of anilines is 2. The fourth-order valence-electron chi connectivity index (χ4n) is 4.11. The standard InChI is InChI=1S/C27H35N7O3S/c1-31(2)15-16-33-17-19-34(20-18-33)26(35)22-5-9-23(10-6-22)29-27-28-14-13-25(30-27)21-7-11-24(12-8-21)38(36,37)32(3)4/h5-14H,15-20H2,1-4H3,(H,28,29,30). The zero-order valence-corrected chi connectivity index (χ0v) is 23.1. The molecule has 3 aromatic rings. The van der Waals surface area contributed by atoms with Gasteiger partial charge in [0, 0.05) is 76.4 Å². The summed E-state index contributed by atoms with van der Waals surface area (Å²) in [6, 6.07) is 15.7. The van der Waals surface area contributed by atoms with E-state index in [1.807, 2.05) is 29.2 Å². The van der Waals surface area contributed by atoms with Crippen molar-refractivity contribution in [3.8, 4) is 11.3 Å². The summed E-state index contributed by atoms with van der Waals surface area (Å²) in [5.41, 5.74) is 2.85. The summed E-state index contributed by atoms with van der Waals surface area (Å²) in [7, 11) is 3.66. The van der Waals surface area contributed by atoms with E-state index < -0.39 is 10.0 Å². The summed E-state index contributed by atoms with van der Waals surface area (Å²) in [5, 5.41) is 3.18. The summed E-state index contributed by atoms with van der Waals surface area (Å²) in [5.74, 6) is 0.446. The number of nitrogens with one attached hydrogen (secondary N) is 1. The van der Waals surface area contributed by atoms with E-state index in [-0.39, 0.29) is 10.8 Å². The van der Waals surface area contributed by atoms with Crippen LogP contribution < -0.4 is 5.32 Å². The van der Waals surface area contributed by atoms with Gasteiger partial charge in [0.1, 0.15) is 0 Å². The van der Waals surface area contributed by atoms with Gasteiger partial charge in [-0.1, -0.05) is 12.1 Å². The zero-order valence-electron chi connectivity index (χ0n) is 22.3. The number of piperazine rings is 1. The van der Waals surface area contributed by atoms with Crippen molar-refractivity contribution in [2.24, 2.45) is 0 Å². The molecule has 4 rings (SSSR count). The van der Waals surface area contributed by atoms with Gasteiger partial charge in [-0.05, 0) is 56.6 Å². The number of aromatic nitrogens is 2. The molecule has 0 spiro atoms. The average Bonchev–Trinajstić information content (AvgIpc) is 2.92. The Morgan fingerprint density at radius 2 is 1.58 bits per heavy atom. The first-order valence-electron chi connectivity index (χ1n) is 12.5. The molecular weight excluding hydrogens is 502 g/mol. The molecule has 202 valence electrons. The summed E-state index contributed by atoms with van der Waals surface area (Å²) in [6.07, 6.45) is 1.64. The van der Waals surface area contributed by atoms with Crippen molar-refractivity contribution < 1.29 is 13.2 Å². The Hall–Kier alpha value is -3.38. The molecule has 0 saturated carbocycles. The average molecular weight is 538 g/mol. The van der Waals surface area contributed by atoms with Crippen LogP contribution in [-0.4, -0.2) is 111 Å². The smallest absolute Gasteiger partial charge is 0.253 e. The number of nitrogens with zero attached hydrogens (tertiary/aromatic N) is 6. The van der Waals surface area contributed by atoms with E-state index >= 15 is 0 Å². The number of hydrogen-bond donors (Lipinski definition) is 1. The SMILES string of the molecule is CN(C)CCN1CCN(C(=O)c2ccc(Nc3nccc(-c4ccc(S(=O)(=O)N(C)C)cc4)n3)cc2)CC1. The van der Waals surface area contributed by atoms with Crippen LogP contribution in [0.2, 0.25) is 0 Å². The van der Waals surface area contributed by atoms with Gasteiger partial charge in [-0.3, -0.25) is 9.69 Å². The van der Waals surface area contributed by atoms with Gasteiger partial charge in [-0.25, -0.2) is 22.7 Å². The molecule has 0 atom stereocenters.